The first-order valence-electron chi connectivity index (χ1n) is 7.75. The van der Waals surface area contributed by atoms with Crippen molar-refractivity contribution < 1.29 is 4.79 Å². The number of hydrogen-bond donors (Lipinski definition) is 0. The molecule has 116 valence electrons. The molecule has 2 aromatic rings. The van der Waals surface area contributed by atoms with Crippen molar-refractivity contribution in [3.05, 3.63) is 48.3 Å². The van der Waals surface area contributed by atoms with Gasteiger partial charge in [0.1, 0.15) is 0 Å². The summed E-state index contributed by atoms with van der Waals surface area (Å²) >= 11 is 0. The van der Waals surface area contributed by atoms with Crippen LogP contribution in [0.5, 0.6) is 0 Å². The molecule has 0 spiro atoms. The van der Waals surface area contributed by atoms with E-state index in [9.17, 15) is 10.1 Å². The van der Waals surface area contributed by atoms with Crippen LogP contribution in [0.15, 0.2) is 42.5 Å². The molecular formula is C18H18N4O. The highest BCUT2D eigenvalue weighted by Crippen LogP contribution is 2.28. The highest BCUT2D eigenvalue weighted by atomic mass is 16.1. The van der Waals surface area contributed by atoms with Crippen molar-refractivity contribution in [3.63, 3.8) is 0 Å². The van der Waals surface area contributed by atoms with Gasteiger partial charge in [0.2, 0.25) is 0 Å². The van der Waals surface area contributed by atoms with Gasteiger partial charge in [0, 0.05) is 18.5 Å². The normalized spacial score (nSPS) is 18.3. The lowest BCUT2D eigenvalue weighted by Gasteiger charge is -2.18. The first kappa shape index (κ1) is 15.2. The first-order valence-corrected chi connectivity index (χ1v) is 7.75. The van der Waals surface area contributed by atoms with Gasteiger partial charge in [-0.05, 0) is 19.3 Å². The number of hydrogen-bond acceptors (Lipinski definition) is 4. The van der Waals surface area contributed by atoms with Crippen molar-refractivity contribution in [2.75, 3.05) is 0 Å². The summed E-state index contributed by atoms with van der Waals surface area (Å²) in [6, 6.07) is 11.8. The fourth-order valence-corrected chi connectivity index (χ4v) is 2.97. The minimum atomic E-state index is -0.860. The number of Topliss-reactive ketones (excluding diaryl/α,β-unsaturated/α-hetero) is 1. The molecule has 0 bridgehead atoms. The van der Waals surface area contributed by atoms with Crippen molar-refractivity contribution >= 4 is 5.78 Å². The quantitative estimate of drug-likeness (QED) is 0.814. The molecule has 0 unspecified atom stereocenters. The summed E-state index contributed by atoms with van der Waals surface area (Å²) in [4.78, 5) is 12.7. The van der Waals surface area contributed by atoms with Gasteiger partial charge in [-0.1, -0.05) is 42.5 Å². The van der Waals surface area contributed by atoms with Crippen molar-refractivity contribution in [3.8, 4) is 17.5 Å². The summed E-state index contributed by atoms with van der Waals surface area (Å²) in [5.74, 6) is 0.0815. The fraction of sp³-hybridized carbons (Fsp3) is 0.333. The first-order chi connectivity index (χ1) is 11.2. The van der Waals surface area contributed by atoms with Crippen LogP contribution in [0.3, 0.4) is 0 Å². The molecule has 2 atom stereocenters. The number of allylic oxidation sites excluding steroid dienone is 2. The predicted molar refractivity (Wildman–Crippen MR) is 86.3 cm³/mol. The molecule has 0 radical (unpaired) electrons. The lowest BCUT2D eigenvalue weighted by atomic mass is 9.84. The monoisotopic (exact) mass is 306 g/mol. The molecule has 3 rings (SSSR count). The van der Waals surface area contributed by atoms with Crippen LogP contribution >= 0.6 is 0 Å². The van der Waals surface area contributed by atoms with Crippen molar-refractivity contribution in [2.24, 2.45) is 13.0 Å². The van der Waals surface area contributed by atoms with E-state index in [4.69, 9.17) is 0 Å². The Bertz CT molecular complexity index is 770. The Morgan fingerprint density at radius 1 is 1.30 bits per heavy atom. The van der Waals surface area contributed by atoms with E-state index in [0.29, 0.717) is 18.1 Å². The summed E-state index contributed by atoms with van der Waals surface area (Å²) in [7, 11) is 1.80. The molecule has 1 aromatic carbocycles. The van der Waals surface area contributed by atoms with Crippen LogP contribution in [0.1, 0.15) is 31.0 Å². The van der Waals surface area contributed by atoms with Crippen molar-refractivity contribution in [1.29, 1.82) is 5.26 Å². The minimum absolute atomic E-state index is 0.0491. The number of carbonyl (C=O) groups is 1. The second kappa shape index (κ2) is 6.57. The number of nitriles is 1. The Kier molecular flexibility index (Phi) is 4.33. The highest BCUT2D eigenvalue weighted by molar-refractivity contribution is 5.90. The summed E-state index contributed by atoms with van der Waals surface area (Å²) in [5.41, 5.74) is 0.915. The average Bonchev–Trinajstić information content (AvgIpc) is 2.99. The Morgan fingerprint density at radius 2 is 2.09 bits per heavy atom. The van der Waals surface area contributed by atoms with Gasteiger partial charge in [-0.15, -0.1) is 10.2 Å². The van der Waals surface area contributed by atoms with Gasteiger partial charge in [0.25, 0.3) is 0 Å². The lowest BCUT2D eigenvalue weighted by Crippen LogP contribution is -2.24. The predicted octanol–water partition coefficient (Wildman–Crippen LogP) is 3.01. The number of ketones is 1. The molecule has 1 aromatic heterocycles. The SMILES string of the molecule is Cn1c(-c2ccccc2)nnc1[C@@H](C#N)C(=O)[C@H]1CC=CCC1. The number of benzene rings is 1. The zero-order valence-electron chi connectivity index (χ0n) is 13.0. The van der Waals surface area contributed by atoms with Gasteiger partial charge in [-0.2, -0.15) is 5.26 Å². The van der Waals surface area contributed by atoms with Crippen LogP contribution in [0.2, 0.25) is 0 Å². The Morgan fingerprint density at radius 3 is 2.74 bits per heavy atom. The summed E-state index contributed by atoms with van der Waals surface area (Å²) < 4.78 is 1.75. The number of nitrogens with zero attached hydrogens (tertiary/aromatic N) is 4. The molecule has 1 aliphatic carbocycles. The van der Waals surface area contributed by atoms with Crippen molar-refractivity contribution in [1.82, 2.24) is 14.8 Å². The minimum Gasteiger partial charge on any atom is -0.313 e. The second-order valence-electron chi connectivity index (χ2n) is 5.75. The summed E-state index contributed by atoms with van der Waals surface area (Å²) in [5, 5.41) is 17.8. The maximum absolute atomic E-state index is 12.7. The van der Waals surface area contributed by atoms with Crippen LogP contribution in [0, 0.1) is 17.2 Å². The standard InChI is InChI=1S/C18H18N4O/c1-22-17(14-10-6-3-7-11-14)20-21-18(22)15(12-19)16(23)13-8-4-2-5-9-13/h2-4,6-7,10-11,13,15H,5,8-9H2,1H3/t13-,15-/m0/s1. The van der Waals surface area contributed by atoms with Crippen LogP contribution < -0.4 is 0 Å². The van der Waals surface area contributed by atoms with E-state index in [1.54, 1.807) is 11.6 Å². The fourth-order valence-electron chi connectivity index (χ4n) is 2.97. The zero-order valence-corrected chi connectivity index (χ0v) is 13.0. The third kappa shape index (κ3) is 2.93. The maximum Gasteiger partial charge on any atom is 0.165 e. The van der Waals surface area contributed by atoms with E-state index >= 15 is 0 Å². The van der Waals surface area contributed by atoms with Gasteiger partial charge in [0.15, 0.2) is 23.3 Å². The van der Waals surface area contributed by atoms with Gasteiger partial charge < -0.3 is 4.57 Å². The van der Waals surface area contributed by atoms with E-state index in [1.165, 1.54) is 0 Å². The Labute approximate surface area is 135 Å². The second-order valence-corrected chi connectivity index (χ2v) is 5.75. The molecule has 0 saturated carbocycles. The Balaban J connectivity index is 1.91. The molecule has 0 fully saturated rings. The molecule has 5 heteroatoms. The summed E-state index contributed by atoms with van der Waals surface area (Å²) in [6.07, 6.45) is 6.51. The molecule has 1 heterocycles. The molecular weight excluding hydrogens is 288 g/mol. The molecule has 0 aliphatic heterocycles. The maximum atomic E-state index is 12.7. The number of rotatable bonds is 4. The van der Waals surface area contributed by atoms with Crippen LogP contribution in [0.4, 0.5) is 0 Å². The zero-order chi connectivity index (χ0) is 16.2. The molecule has 23 heavy (non-hydrogen) atoms. The van der Waals surface area contributed by atoms with Crippen LogP contribution in [-0.2, 0) is 11.8 Å². The highest BCUT2D eigenvalue weighted by Gasteiger charge is 2.32. The van der Waals surface area contributed by atoms with Crippen LogP contribution in [-0.4, -0.2) is 20.5 Å². The lowest BCUT2D eigenvalue weighted by molar-refractivity contribution is -0.123. The van der Waals surface area contributed by atoms with Gasteiger partial charge in [-0.25, -0.2) is 0 Å². The van der Waals surface area contributed by atoms with Gasteiger partial charge in [0.05, 0.1) is 6.07 Å². The third-order valence-electron chi connectivity index (χ3n) is 4.28. The van der Waals surface area contributed by atoms with Gasteiger partial charge >= 0.3 is 0 Å². The molecule has 0 amide bonds. The Hall–Kier alpha value is -2.74. The molecule has 0 saturated heterocycles. The smallest absolute Gasteiger partial charge is 0.165 e. The molecule has 1 aliphatic rings. The van der Waals surface area contributed by atoms with E-state index < -0.39 is 5.92 Å². The number of carbonyl (C=O) groups excluding carboxylic acids is 1. The topological polar surface area (TPSA) is 71.6 Å². The van der Waals surface area contributed by atoms with E-state index in [-0.39, 0.29) is 11.7 Å². The van der Waals surface area contributed by atoms with Crippen molar-refractivity contribution in [2.45, 2.75) is 25.2 Å². The molecule has 5 nitrogen and oxygen atoms in total. The summed E-state index contributed by atoms with van der Waals surface area (Å²) in [6.45, 7) is 0. The van der Waals surface area contributed by atoms with Crippen LogP contribution in [0.25, 0.3) is 11.4 Å². The third-order valence-corrected chi connectivity index (χ3v) is 4.28. The van der Waals surface area contributed by atoms with E-state index in [1.807, 2.05) is 36.4 Å². The molecule has 0 N–H and O–H groups in total. The van der Waals surface area contributed by atoms with E-state index in [0.717, 1.165) is 18.4 Å². The van der Waals surface area contributed by atoms with Gasteiger partial charge in [-0.3, -0.25) is 4.79 Å². The largest absolute Gasteiger partial charge is 0.313 e. The van der Waals surface area contributed by atoms with E-state index in [2.05, 4.69) is 22.3 Å². The number of aromatic nitrogens is 3. The average molecular weight is 306 g/mol.